The van der Waals surface area contributed by atoms with E-state index in [0.29, 0.717) is 0 Å². The monoisotopic (exact) mass is 535 g/mol. The predicted octanol–water partition coefficient (Wildman–Crippen LogP) is 8.65. The van der Waals surface area contributed by atoms with Gasteiger partial charge in [-0.2, -0.15) is 0 Å². The molecule has 5 aromatic carbocycles. The van der Waals surface area contributed by atoms with Gasteiger partial charge in [0.15, 0.2) is 0 Å². The molecule has 0 bridgehead atoms. The lowest BCUT2D eigenvalue weighted by atomic mass is 9.78. The minimum atomic E-state index is -0.505. The fourth-order valence-corrected chi connectivity index (χ4v) is 6.19. The molecule has 0 radical (unpaired) electrons. The van der Waals surface area contributed by atoms with Crippen LogP contribution >= 0.6 is 0 Å². The summed E-state index contributed by atoms with van der Waals surface area (Å²) < 4.78 is 21.9. The largest absolute Gasteiger partial charge is 0.495 e. The van der Waals surface area contributed by atoms with E-state index in [1.165, 1.54) is 21.9 Å². The van der Waals surface area contributed by atoms with Gasteiger partial charge in [-0.25, -0.2) is 0 Å². The second-order valence-corrected chi connectivity index (χ2v) is 12.1. The number of fused-ring (bicyclic) bond motifs is 6. The van der Waals surface area contributed by atoms with Crippen LogP contribution in [-0.2, 0) is 9.31 Å². The molecule has 200 valence electrons. The molecule has 0 amide bonds. The summed E-state index contributed by atoms with van der Waals surface area (Å²) in [5.74, 6) is 0. The van der Waals surface area contributed by atoms with Crippen molar-refractivity contribution in [1.29, 1.82) is 0 Å². The maximum atomic E-state index is 6.51. The zero-order chi connectivity index (χ0) is 27.9. The molecule has 41 heavy (non-hydrogen) atoms. The molecule has 7 aromatic rings. The van der Waals surface area contributed by atoms with Gasteiger partial charge in [-0.15, -0.1) is 0 Å². The Balaban J connectivity index is 1.44. The van der Waals surface area contributed by atoms with Crippen LogP contribution < -0.4 is 5.46 Å². The molecule has 5 heteroatoms. The highest BCUT2D eigenvalue weighted by Crippen LogP contribution is 2.41. The van der Waals surface area contributed by atoms with Crippen LogP contribution in [0.25, 0.3) is 60.6 Å². The van der Waals surface area contributed by atoms with Gasteiger partial charge >= 0.3 is 7.12 Å². The molecule has 0 unspecified atom stereocenters. The van der Waals surface area contributed by atoms with Crippen molar-refractivity contribution >= 4 is 56.3 Å². The fraction of sp³-hybridized carbons (Fsp3) is 0.167. The first-order valence-electron chi connectivity index (χ1n) is 14.2. The Bertz CT molecular complexity index is 2100. The van der Waals surface area contributed by atoms with Gasteiger partial charge in [0, 0.05) is 16.2 Å². The summed E-state index contributed by atoms with van der Waals surface area (Å²) in [6.07, 6.45) is 0. The van der Waals surface area contributed by atoms with Gasteiger partial charge in [-0.05, 0) is 80.7 Å². The van der Waals surface area contributed by atoms with Gasteiger partial charge in [0.05, 0.1) is 33.3 Å². The molecule has 0 saturated carbocycles. The van der Waals surface area contributed by atoms with Crippen LogP contribution in [-0.4, -0.2) is 22.9 Å². The van der Waals surface area contributed by atoms with Crippen LogP contribution in [0.1, 0.15) is 27.7 Å². The van der Waals surface area contributed by atoms with Crippen LogP contribution in [0.5, 0.6) is 0 Å². The molecule has 0 N–H and O–H groups in total. The van der Waals surface area contributed by atoms with Crippen LogP contribution in [0.15, 0.2) is 114 Å². The summed E-state index contributed by atoms with van der Waals surface area (Å²) >= 11 is 0. The number of para-hydroxylation sites is 2. The highest BCUT2D eigenvalue weighted by molar-refractivity contribution is 6.62. The van der Waals surface area contributed by atoms with Gasteiger partial charge in [0.2, 0.25) is 0 Å². The first-order valence-corrected chi connectivity index (χ1v) is 14.2. The lowest BCUT2D eigenvalue weighted by molar-refractivity contribution is 0.00578. The van der Waals surface area contributed by atoms with E-state index in [-0.39, 0.29) is 0 Å². The maximum absolute atomic E-state index is 6.51. The second kappa shape index (κ2) is 8.59. The number of benzene rings is 5. The Labute approximate surface area is 239 Å². The third kappa shape index (κ3) is 3.63. The first-order chi connectivity index (χ1) is 19.8. The average Bonchev–Trinajstić information content (AvgIpc) is 3.59. The Hall–Kier alpha value is -4.32. The molecule has 1 aliphatic heterocycles. The van der Waals surface area contributed by atoms with E-state index in [0.717, 1.165) is 44.1 Å². The van der Waals surface area contributed by atoms with Crippen molar-refractivity contribution in [3.8, 4) is 16.8 Å². The van der Waals surface area contributed by atoms with Crippen LogP contribution in [0.2, 0.25) is 0 Å². The molecule has 3 heterocycles. The lowest BCUT2D eigenvalue weighted by Gasteiger charge is -2.32. The third-order valence-corrected chi connectivity index (χ3v) is 9.03. The summed E-state index contributed by atoms with van der Waals surface area (Å²) in [6, 6.07) is 38.5. The molecular formula is C36H30BNO3. The van der Waals surface area contributed by atoms with Crippen molar-refractivity contribution in [2.45, 2.75) is 38.9 Å². The van der Waals surface area contributed by atoms with Crippen molar-refractivity contribution in [1.82, 2.24) is 4.57 Å². The Morgan fingerprint density at radius 2 is 1.22 bits per heavy atom. The summed E-state index contributed by atoms with van der Waals surface area (Å²) in [5, 5.41) is 4.59. The molecule has 2 aromatic heterocycles. The van der Waals surface area contributed by atoms with E-state index >= 15 is 0 Å². The highest BCUT2D eigenvalue weighted by atomic mass is 16.7. The van der Waals surface area contributed by atoms with Gasteiger partial charge < -0.3 is 18.3 Å². The molecule has 1 saturated heterocycles. The van der Waals surface area contributed by atoms with Crippen LogP contribution in [0.3, 0.4) is 0 Å². The molecule has 8 rings (SSSR count). The number of hydrogen-bond donors (Lipinski definition) is 0. The normalized spacial score (nSPS) is 16.4. The smallest absolute Gasteiger partial charge is 0.456 e. The quantitative estimate of drug-likeness (QED) is 0.213. The standard InChI is InChI=1S/C36H30BNO3/c1-35(2)36(3,4)41-37(40-35)25-21-31(34-27-15-9-11-17-32(27)39-33(34)22-25)38-29-16-10-8-14-26(29)28-20-24(18-19-30(28)38)23-12-6-5-7-13-23/h5-22H,1-4H3. The Morgan fingerprint density at radius 1 is 0.561 bits per heavy atom. The van der Waals surface area contributed by atoms with Crippen molar-refractivity contribution < 1.29 is 13.7 Å². The zero-order valence-electron chi connectivity index (χ0n) is 23.6. The van der Waals surface area contributed by atoms with Crippen molar-refractivity contribution in [2.75, 3.05) is 0 Å². The van der Waals surface area contributed by atoms with Gasteiger partial charge in [0.1, 0.15) is 11.2 Å². The first kappa shape index (κ1) is 24.5. The van der Waals surface area contributed by atoms with E-state index in [1.807, 2.05) is 12.1 Å². The van der Waals surface area contributed by atoms with Crippen molar-refractivity contribution in [2.24, 2.45) is 0 Å². The molecule has 0 atom stereocenters. The topological polar surface area (TPSA) is 36.5 Å². The minimum absolute atomic E-state index is 0.443. The molecular weight excluding hydrogens is 505 g/mol. The molecule has 0 aliphatic carbocycles. The lowest BCUT2D eigenvalue weighted by Crippen LogP contribution is -2.41. The number of aromatic nitrogens is 1. The summed E-state index contributed by atoms with van der Waals surface area (Å²) in [5.41, 5.74) is 7.48. The van der Waals surface area contributed by atoms with E-state index in [4.69, 9.17) is 13.7 Å². The Kier molecular flexibility index (Phi) is 5.13. The summed E-state index contributed by atoms with van der Waals surface area (Å²) in [7, 11) is -0.505. The van der Waals surface area contributed by atoms with Crippen LogP contribution in [0, 0.1) is 0 Å². The van der Waals surface area contributed by atoms with Gasteiger partial charge in [-0.3, -0.25) is 0 Å². The molecule has 1 aliphatic rings. The Morgan fingerprint density at radius 3 is 2.00 bits per heavy atom. The van der Waals surface area contributed by atoms with Crippen molar-refractivity contribution in [3.05, 3.63) is 109 Å². The SMILES string of the molecule is CC1(C)OB(c2cc(-n3c4ccccc4c4cc(-c5ccccc5)ccc43)c3c(c2)oc2ccccc23)OC1(C)C. The van der Waals surface area contributed by atoms with E-state index in [9.17, 15) is 0 Å². The van der Waals surface area contributed by atoms with Crippen molar-refractivity contribution in [3.63, 3.8) is 0 Å². The molecule has 4 nitrogen and oxygen atoms in total. The molecule has 1 fully saturated rings. The summed E-state index contributed by atoms with van der Waals surface area (Å²) in [4.78, 5) is 0. The zero-order valence-corrected chi connectivity index (χ0v) is 23.6. The van der Waals surface area contributed by atoms with Crippen LogP contribution in [0.4, 0.5) is 0 Å². The number of rotatable bonds is 3. The third-order valence-electron chi connectivity index (χ3n) is 9.03. The minimum Gasteiger partial charge on any atom is -0.456 e. The number of furan rings is 1. The second-order valence-electron chi connectivity index (χ2n) is 12.1. The maximum Gasteiger partial charge on any atom is 0.495 e. The predicted molar refractivity (Wildman–Crippen MR) is 169 cm³/mol. The fourth-order valence-electron chi connectivity index (χ4n) is 6.19. The van der Waals surface area contributed by atoms with Gasteiger partial charge in [0.25, 0.3) is 0 Å². The molecule has 0 spiro atoms. The van der Waals surface area contributed by atoms with Gasteiger partial charge in [-0.1, -0.05) is 72.8 Å². The average molecular weight is 535 g/mol. The number of hydrogen-bond acceptors (Lipinski definition) is 3. The number of nitrogens with zero attached hydrogens (tertiary/aromatic N) is 1. The highest BCUT2D eigenvalue weighted by Gasteiger charge is 2.52. The van der Waals surface area contributed by atoms with E-state index in [2.05, 4.69) is 129 Å². The summed E-state index contributed by atoms with van der Waals surface area (Å²) in [6.45, 7) is 8.35. The van der Waals surface area contributed by atoms with E-state index in [1.54, 1.807) is 0 Å². The van der Waals surface area contributed by atoms with E-state index < -0.39 is 18.3 Å².